The molecule has 0 aromatic heterocycles. The van der Waals surface area contributed by atoms with Gasteiger partial charge in [0.25, 0.3) is 0 Å². The third kappa shape index (κ3) is 3.37. The summed E-state index contributed by atoms with van der Waals surface area (Å²) in [4.78, 5) is 0. The second kappa shape index (κ2) is 6.22. The van der Waals surface area contributed by atoms with Crippen molar-refractivity contribution in [2.45, 2.75) is 26.3 Å². The largest absolute Gasteiger partial charge is 0.457 e. The zero-order chi connectivity index (χ0) is 13.8. The molecule has 2 rings (SSSR count). The van der Waals surface area contributed by atoms with Crippen molar-refractivity contribution in [1.82, 2.24) is 0 Å². The smallest absolute Gasteiger partial charge is 0.133 e. The summed E-state index contributed by atoms with van der Waals surface area (Å²) in [5.74, 6) is 2.14. The van der Waals surface area contributed by atoms with E-state index in [0.29, 0.717) is 12.5 Å². The van der Waals surface area contributed by atoms with E-state index in [0.717, 1.165) is 21.5 Å². The van der Waals surface area contributed by atoms with E-state index in [4.69, 9.17) is 10.5 Å². The second-order valence-electron chi connectivity index (χ2n) is 4.75. The van der Waals surface area contributed by atoms with Gasteiger partial charge in [-0.1, -0.05) is 48.0 Å². The average Bonchev–Trinajstić information content (AvgIpc) is 2.39. The highest BCUT2D eigenvalue weighted by Gasteiger charge is 2.08. The molecule has 19 heavy (non-hydrogen) atoms. The lowest BCUT2D eigenvalue weighted by molar-refractivity contribution is 0.475. The zero-order valence-corrected chi connectivity index (χ0v) is 12.8. The van der Waals surface area contributed by atoms with E-state index >= 15 is 0 Å². The van der Waals surface area contributed by atoms with E-state index in [1.165, 1.54) is 5.56 Å². The van der Waals surface area contributed by atoms with Crippen LogP contribution in [-0.4, -0.2) is 0 Å². The predicted molar refractivity (Wildman–Crippen MR) is 82.6 cm³/mol. The first-order chi connectivity index (χ1) is 9.11. The summed E-state index contributed by atoms with van der Waals surface area (Å²) in [6.07, 6.45) is 0. The molecule has 2 N–H and O–H groups in total. The van der Waals surface area contributed by atoms with Crippen molar-refractivity contribution in [2.75, 3.05) is 0 Å². The molecule has 0 radical (unpaired) electrons. The van der Waals surface area contributed by atoms with E-state index in [9.17, 15) is 0 Å². The number of nitrogens with two attached hydrogens (primary N) is 1. The lowest BCUT2D eigenvalue weighted by atomic mass is 10.0. The molecule has 0 heterocycles. The SMILES string of the molecule is CC(C)c1cccc(Oc2cccc(Br)c2CN)c1. The fourth-order valence-corrected chi connectivity index (χ4v) is 2.41. The monoisotopic (exact) mass is 319 g/mol. The Kier molecular flexibility index (Phi) is 4.61. The maximum absolute atomic E-state index is 5.96. The number of halogens is 1. The highest BCUT2D eigenvalue weighted by Crippen LogP contribution is 2.31. The molecular weight excluding hydrogens is 302 g/mol. The third-order valence-electron chi connectivity index (χ3n) is 3.03. The first-order valence-corrected chi connectivity index (χ1v) is 7.16. The lowest BCUT2D eigenvalue weighted by Crippen LogP contribution is -2.00. The highest BCUT2D eigenvalue weighted by molar-refractivity contribution is 9.10. The van der Waals surface area contributed by atoms with Gasteiger partial charge in [0.15, 0.2) is 0 Å². The van der Waals surface area contributed by atoms with E-state index in [1.807, 2.05) is 30.3 Å². The Morgan fingerprint density at radius 1 is 1.16 bits per heavy atom. The standard InChI is InChI=1S/C16H18BrNO/c1-11(2)12-5-3-6-13(9-12)19-16-8-4-7-15(17)14(16)10-18/h3-9,11H,10,18H2,1-2H3. The molecule has 3 heteroatoms. The van der Waals surface area contributed by atoms with Crippen LogP contribution in [0.5, 0.6) is 11.5 Å². The summed E-state index contributed by atoms with van der Waals surface area (Å²) < 4.78 is 6.94. The van der Waals surface area contributed by atoms with Crippen molar-refractivity contribution in [3.63, 3.8) is 0 Å². The van der Waals surface area contributed by atoms with Gasteiger partial charge < -0.3 is 10.5 Å². The average molecular weight is 320 g/mol. The van der Waals surface area contributed by atoms with E-state index in [-0.39, 0.29) is 0 Å². The van der Waals surface area contributed by atoms with Gasteiger partial charge in [0.2, 0.25) is 0 Å². The number of rotatable bonds is 4. The first-order valence-electron chi connectivity index (χ1n) is 6.37. The second-order valence-corrected chi connectivity index (χ2v) is 5.60. The van der Waals surface area contributed by atoms with Crippen LogP contribution in [0.25, 0.3) is 0 Å². The fourth-order valence-electron chi connectivity index (χ4n) is 1.90. The lowest BCUT2D eigenvalue weighted by Gasteiger charge is -2.13. The topological polar surface area (TPSA) is 35.2 Å². The van der Waals surface area contributed by atoms with Crippen LogP contribution >= 0.6 is 15.9 Å². The molecular formula is C16H18BrNO. The van der Waals surface area contributed by atoms with Crippen molar-refractivity contribution in [1.29, 1.82) is 0 Å². The number of hydrogen-bond acceptors (Lipinski definition) is 2. The Balaban J connectivity index is 2.31. The molecule has 0 saturated carbocycles. The molecule has 0 amide bonds. The molecule has 0 aliphatic heterocycles. The van der Waals surface area contributed by atoms with Gasteiger partial charge in [0.05, 0.1) is 0 Å². The summed E-state index contributed by atoms with van der Waals surface area (Å²) in [5, 5.41) is 0. The molecule has 0 fully saturated rings. The molecule has 2 aromatic carbocycles. The van der Waals surface area contributed by atoms with Crippen LogP contribution in [0.1, 0.15) is 30.9 Å². The summed E-state index contributed by atoms with van der Waals surface area (Å²) in [6, 6.07) is 14.0. The Hall–Kier alpha value is -1.32. The summed E-state index contributed by atoms with van der Waals surface area (Å²) in [5.41, 5.74) is 8.02. The highest BCUT2D eigenvalue weighted by atomic mass is 79.9. The maximum atomic E-state index is 5.96. The minimum absolute atomic E-state index is 0.445. The Labute approximate surface area is 122 Å². The Bertz CT molecular complexity index is 566. The van der Waals surface area contributed by atoms with Gasteiger partial charge in [0, 0.05) is 16.6 Å². The first kappa shape index (κ1) is 14.1. The minimum atomic E-state index is 0.445. The molecule has 0 aliphatic carbocycles. The number of ether oxygens (including phenoxy) is 1. The molecule has 0 unspecified atom stereocenters. The fraction of sp³-hybridized carbons (Fsp3) is 0.250. The molecule has 2 aromatic rings. The molecule has 0 atom stereocenters. The predicted octanol–water partition coefficient (Wildman–Crippen LogP) is 4.82. The Morgan fingerprint density at radius 3 is 2.58 bits per heavy atom. The quantitative estimate of drug-likeness (QED) is 0.876. The van der Waals surface area contributed by atoms with Crippen LogP contribution in [0.2, 0.25) is 0 Å². The van der Waals surface area contributed by atoms with Crippen molar-refractivity contribution in [3.05, 3.63) is 58.1 Å². The van der Waals surface area contributed by atoms with Crippen LogP contribution in [0, 0.1) is 0 Å². The van der Waals surface area contributed by atoms with Crippen LogP contribution in [-0.2, 0) is 6.54 Å². The van der Waals surface area contributed by atoms with Gasteiger partial charge >= 0.3 is 0 Å². The molecule has 0 bridgehead atoms. The number of benzene rings is 2. The molecule has 0 aliphatic rings. The van der Waals surface area contributed by atoms with E-state index in [1.54, 1.807) is 0 Å². The summed E-state index contributed by atoms with van der Waals surface area (Å²) >= 11 is 3.50. The van der Waals surface area contributed by atoms with Gasteiger partial charge in [-0.15, -0.1) is 0 Å². The van der Waals surface area contributed by atoms with E-state index in [2.05, 4.69) is 41.9 Å². The van der Waals surface area contributed by atoms with Gasteiger partial charge in [-0.2, -0.15) is 0 Å². The van der Waals surface area contributed by atoms with Gasteiger partial charge in [-0.3, -0.25) is 0 Å². The summed E-state index contributed by atoms with van der Waals surface area (Å²) in [7, 11) is 0. The number of hydrogen-bond donors (Lipinski definition) is 1. The van der Waals surface area contributed by atoms with Crippen LogP contribution in [0.4, 0.5) is 0 Å². The summed E-state index contributed by atoms with van der Waals surface area (Å²) in [6.45, 7) is 4.79. The Morgan fingerprint density at radius 2 is 1.89 bits per heavy atom. The minimum Gasteiger partial charge on any atom is -0.457 e. The van der Waals surface area contributed by atoms with Crippen LogP contribution in [0.15, 0.2) is 46.9 Å². The van der Waals surface area contributed by atoms with Crippen LogP contribution in [0.3, 0.4) is 0 Å². The van der Waals surface area contributed by atoms with Crippen molar-refractivity contribution in [3.8, 4) is 11.5 Å². The van der Waals surface area contributed by atoms with Crippen molar-refractivity contribution < 1.29 is 4.74 Å². The van der Waals surface area contributed by atoms with Crippen molar-refractivity contribution in [2.24, 2.45) is 5.73 Å². The molecule has 0 spiro atoms. The van der Waals surface area contributed by atoms with Gasteiger partial charge in [0.1, 0.15) is 11.5 Å². The van der Waals surface area contributed by atoms with Gasteiger partial charge in [-0.25, -0.2) is 0 Å². The van der Waals surface area contributed by atoms with Gasteiger partial charge in [-0.05, 0) is 35.7 Å². The molecule has 100 valence electrons. The van der Waals surface area contributed by atoms with E-state index < -0.39 is 0 Å². The maximum Gasteiger partial charge on any atom is 0.133 e. The third-order valence-corrected chi connectivity index (χ3v) is 3.78. The van der Waals surface area contributed by atoms with Crippen LogP contribution < -0.4 is 10.5 Å². The zero-order valence-electron chi connectivity index (χ0n) is 11.2. The normalized spacial score (nSPS) is 10.8. The van der Waals surface area contributed by atoms with Crippen molar-refractivity contribution >= 4 is 15.9 Å². The molecule has 0 saturated heterocycles. The molecule has 2 nitrogen and oxygen atoms in total.